The van der Waals surface area contributed by atoms with Gasteiger partial charge in [0.1, 0.15) is 11.4 Å². The van der Waals surface area contributed by atoms with E-state index in [2.05, 4.69) is 13.8 Å². The van der Waals surface area contributed by atoms with E-state index in [4.69, 9.17) is 9.47 Å². The van der Waals surface area contributed by atoms with E-state index in [0.717, 1.165) is 25.7 Å². The summed E-state index contributed by atoms with van der Waals surface area (Å²) in [7, 11) is 1.60. The Labute approximate surface area is 127 Å². The number of rotatable bonds is 5. The second kappa shape index (κ2) is 6.18. The number of benzene rings is 1. The number of para-hydroxylation sites is 1. The van der Waals surface area contributed by atoms with Crippen molar-refractivity contribution < 1.29 is 14.3 Å². The van der Waals surface area contributed by atoms with Crippen molar-refractivity contribution in [1.29, 1.82) is 0 Å². The number of hydrogen-bond acceptors (Lipinski definition) is 3. The van der Waals surface area contributed by atoms with Crippen LogP contribution in [0.2, 0.25) is 0 Å². The van der Waals surface area contributed by atoms with Gasteiger partial charge in [-0.3, -0.25) is 4.79 Å². The van der Waals surface area contributed by atoms with Gasteiger partial charge in [-0.2, -0.15) is 0 Å². The molecule has 1 saturated carbocycles. The van der Waals surface area contributed by atoms with E-state index >= 15 is 0 Å². The molecule has 1 aromatic carbocycles. The molecule has 0 aliphatic heterocycles. The van der Waals surface area contributed by atoms with Crippen molar-refractivity contribution in [2.24, 2.45) is 5.41 Å². The third kappa shape index (κ3) is 3.29. The highest BCUT2D eigenvalue weighted by atomic mass is 16.5. The normalized spacial score (nSPS) is 20.0. The van der Waals surface area contributed by atoms with Crippen LogP contribution in [-0.4, -0.2) is 25.1 Å². The third-order valence-electron chi connectivity index (χ3n) is 4.60. The summed E-state index contributed by atoms with van der Waals surface area (Å²) in [6.07, 6.45) is 3.58. The molecule has 1 aromatic rings. The van der Waals surface area contributed by atoms with Gasteiger partial charge in [0.2, 0.25) is 0 Å². The van der Waals surface area contributed by atoms with Crippen LogP contribution >= 0.6 is 0 Å². The molecule has 1 fully saturated rings. The lowest BCUT2D eigenvalue weighted by molar-refractivity contribution is -0.0581. The first-order chi connectivity index (χ1) is 9.94. The molecule has 0 heterocycles. The summed E-state index contributed by atoms with van der Waals surface area (Å²) in [6.45, 7) is 7.03. The van der Waals surface area contributed by atoms with Crippen LogP contribution in [0.5, 0.6) is 5.75 Å². The Balaban J connectivity index is 2.32. The van der Waals surface area contributed by atoms with Gasteiger partial charge < -0.3 is 9.47 Å². The van der Waals surface area contributed by atoms with Gasteiger partial charge in [0, 0.05) is 6.61 Å². The molecule has 1 aliphatic carbocycles. The maximum Gasteiger partial charge on any atom is 0.198 e. The van der Waals surface area contributed by atoms with E-state index in [1.165, 1.54) is 0 Å². The first kappa shape index (κ1) is 16.0. The Morgan fingerprint density at radius 1 is 1.14 bits per heavy atom. The van der Waals surface area contributed by atoms with E-state index in [9.17, 15) is 4.79 Å². The lowest BCUT2D eigenvalue weighted by Crippen LogP contribution is -2.46. The highest BCUT2D eigenvalue weighted by molar-refractivity contribution is 6.04. The molecule has 0 spiro atoms. The van der Waals surface area contributed by atoms with Crippen LogP contribution < -0.4 is 4.74 Å². The van der Waals surface area contributed by atoms with Gasteiger partial charge in [0.25, 0.3) is 0 Å². The fourth-order valence-corrected chi connectivity index (χ4v) is 3.12. The number of ether oxygens (including phenoxy) is 2. The quantitative estimate of drug-likeness (QED) is 0.760. The molecular weight excluding hydrogens is 264 g/mol. The minimum atomic E-state index is -0.682. The van der Waals surface area contributed by atoms with Crippen molar-refractivity contribution in [3.63, 3.8) is 0 Å². The van der Waals surface area contributed by atoms with Crippen LogP contribution in [0.15, 0.2) is 24.3 Å². The molecule has 0 bridgehead atoms. The molecular formula is C18H26O3. The third-order valence-corrected chi connectivity index (χ3v) is 4.60. The Kier molecular flexibility index (Phi) is 4.72. The summed E-state index contributed by atoms with van der Waals surface area (Å²) in [4.78, 5) is 13.1. The number of hydrogen-bond donors (Lipinski definition) is 0. The highest BCUT2D eigenvalue weighted by Crippen LogP contribution is 2.44. The van der Waals surface area contributed by atoms with Gasteiger partial charge in [0.05, 0.1) is 12.7 Å². The summed E-state index contributed by atoms with van der Waals surface area (Å²) in [5, 5.41) is 0. The first-order valence-corrected chi connectivity index (χ1v) is 7.76. The molecule has 0 N–H and O–H groups in total. The Bertz CT molecular complexity index is 495. The van der Waals surface area contributed by atoms with Gasteiger partial charge in [-0.15, -0.1) is 0 Å². The van der Waals surface area contributed by atoms with Crippen molar-refractivity contribution in [3.05, 3.63) is 29.8 Å². The standard InChI is InChI=1S/C18H26O3/c1-5-21-18(12-10-17(2,3)11-13-18)16(19)14-8-6-7-9-15(14)20-4/h6-9H,5,10-13H2,1-4H3. The van der Waals surface area contributed by atoms with E-state index < -0.39 is 5.60 Å². The summed E-state index contributed by atoms with van der Waals surface area (Å²) in [5.41, 5.74) is 0.244. The zero-order valence-corrected chi connectivity index (χ0v) is 13.6. The van der Waals surface area contributed by atoms with Crippen LogP contribution in [0.4, 0.5) is 0 Å². The SMILES string of the molecule is CCOC1(C(=O)c2ccccc2OC)CCC(C)(C)CC1. The molecule has 3 nitrogen and oxygen atoms in total. The predicted octanol–water partition coefficient (Wildman–Crippen LogP) is 4.25. The second-order valence-electron chi connectivity index (χ2n) is 6.62. The average Bonchev–Trinajstić information content (AvgIpc) is 2.49. The minimum Gasteiger partial charge on any atom is -0.496 e. The van der Waals surface area contributed by atoms with E-state index in [1.54, 1.807) is 7.11 Å². The second-order valence-corrected chi connectivity index (χ2v) is 6.62. The van der Waals surface area contributed by atoms with Crippen LogP contribution in [0.1, 0.15) is 56.8 Å². The number of methoxy groups -OCH3 is 1. The summed E-state index contributed by atoms with van der Waals surface area (Å²) >= 11 is 0. The van der Waals surface area contributed by atoms with Gasteiger partial charge in [0.15, 0.2) is 5.78 Å². The van der Waals surface area contributed by atoms with Crippen molar-refractivity contribution in [1.82, 2.24) is 0 Å². The van der Waals surface area contributed by atoms with Crippen LogP contribution in [0.3, 0.4) is 0 Å². The van der Waals surface area contributed by atoms with Crippen molar-refractivity contribution in [2.75, 3.05) is 13.7 Å². The van der Waals surface area contributed by atoms with Crippen LogP contribution in [-0.2, 0) is 4.74 Å². The Morgan fingerprint density at radius 2 is 1.76 bits per heavy atom. The molecule has 3 heteroatoms. The highest BCUT2D eigenvalue weighted by Gasteiger charge is 2.45. The van der Waals surface area contributed by atoms with Gasteiger partial charge in [-0.05, 0) is 50.2 Å². The largest absolute Gasteiger partial charge is 0.496 e. The molecule has 0 radical (unpaired) electrons. The monoisotopic (exact) mass is 290 g/mol. The maximum atomic E-state index is 13.1. The van der Waals surface area contributed by atoms with Gasteiger partial charge >= 0.3 is 0 Å². The fraction of sp³-hybridized carbons (Fsp3) is 0.611. The molecule has 0 amide bonds. The predicted molar refractivity (Wildman–Crippen MR) is 83.9 cm³/mol. The Hall–Kier alpha value is -1.35. The fourth-order valence-electron chi connectivity index (χ4n) is 3.12. The number of carbonyl (C=O) groups excluding carboxylic acids is 1. The zero-order valence-electron chi connectivity index (χ0n) is 13.6. The molecule has 0 atom stereocenters. The number of ketones is 1. The van der Waals surface area contributed by atoms with E-state index in [-0.39, 0.29) is 5.78 Å². The summed E-state index contributed by atoms with van der Waals surface area (Å²) in [6, 6.07) is 7.43. The summed E-state index contributed by atoms with van der Waals surface area (Å²) in [5.74, 6) is 0.698. The number of carbonyl (C=O) groups is 1. The molecule has 21 heavy (non-hydrogen) atoms. The first-order valence-electron chi connectivity index (χ1n) is 7.76. The molecule has 0 unspecified atom stereocenters. The van der Waals surface area contributed by atoms with Crippen LogP contribution in [0, 0.1) is 5.41 Å². The van der Waals surface area contributed by atoms with Crippen molar-refractivity contribution in [3.8, 4) is 5.75 Å². The molecule has 2 rings (SSSR count). The lowest BCUT2D eigenvalue weighted by atomic mass is 9.68. The van der Waals surface area contributed by atoms with Crippen LogP contribution in [0.25, 0.3) is 0 Å². The zero-order chi connectivity index (χ0) is 15.5. The molecule has 0 saturated heterocycles. The maximum absolute atomic E-state index is 13.1. The molecule has 116 valence electrons. The average molecular weight is 290 g/mol. The molecule has 0 aromatic heterocycles. The number of Topliss-reactive ketones (excluding diaryl/α,β-unsaturated/α-hetero) is 1. The lowest BCUT2D eigenvalue weighted by Gasteiger charge is -2.42. The minimum absolute atomic E-state index is 0.0669. The molecule has 1 aliphatic rings. The van der Waals surface area contributed by atoms with E-state index in [1.807, 2.05) is 31.2 Å². The van der Waals surface area contributed by atoms with Crippen molar-refractivity contribution in [2.45, 2.75) is 52.1 Å². The van der Waals surface area contributed by atoms with Crippen molar-refractivity contribution >= 4 is 5.78 Å². The summed E-state index contributed by atoms with van der Waals surface area (Å²) < 4.78 is 11.3. The Morgan fingerprint density at radius 3 is 2.33 bits per heavy atom. The topological polar surface area (TPSA) is 35.5 Å². The smallest absolute Gasteiger partial charge is 0.198 e. The van der Waals surface area contributed by atoms with E-state index in [0.29, 0.717) is 23.3 Å². The van der Waals surface area contributed by atoms with Gasteiger partial charge in [-0.1, -0.05) is 26.0 Å². The van der Waals surface area contributed by atoms with Gasteiger partial charge in [-0.25, -0.2) is 0 Å².